The minimum atomic E-state index is -0.895. The van der Waals surface area contributed by atoms with E-state index >= 15 is 0 Å². The van der Waals surface area contributed by atoms with E-state index in [1.54, 1.807) is 12.1 Å². The maximum atomic E-state index is 12.9. The minimum Gasteiger partial charge on any atom is -0.493 e. The zero-order valence-electron chi connectivity index (χ0n) is 15.2. The molecule has 2 N–H and O–H groups in total. The van der Waals surface area contributed by atoms with Crippen molar-refractivity contribution in [2.24, 2.45) is 0 Å². The fourth-order valence-electron chi connectivity index (χ4n) is 2.08. The molecular formula is C19H21FN2O5. The van der Waals surface area contributed by atoms with Crippen molar-refractivity contribution in [3.63, 3.8) is 0 Å². The van der Waals surface area contributed by atoms with Crippen LogP contribution in [0.1, 0.15) is 12.5 Å². The summed E-state index contributed by atoms with van der Waals surface area (Å²) in [6.07, 6.45) is -0.895. The van der Waals surface area contributed by atoms with E-state index in [9.17, 15) is 14.0 Å². The Hall–Kier alpha value is -3.29. The molecule has 2 aromatic carbocycles. The van der Waals surface area contributed by atoms with Crippen LogP contribution in [0, 0.1) is 12.7 Å². The second-order valence-electron chi connectivity index (χ2n) is 5.69. The molecule has 0 aromatic heterocycles. The smallest absolute Gasteiger partial charge is 0.279 e. The third-order valence-corrected chi connectivity index (χ3v) is 3.50. The van der Waals surface area contributed by atoms with Gasteiger partial charge in [0.1, 0.15) is 11.6 Å². The summed E-state index contributed by atoms with van der Waals surface area (Å²) in [5, 5.41) is 0. The van der Waals surface area contributed by atoms with Gasteiger partial charge in [-0.1, -0.05) is 6.07 Å². The lowest BCUT2D eigenvalue weighted by molar-refractivity contribution is -0.133. The van der Waals surface area contributed by atoms with Gasteiger partial charge in [0.05, 0.1) is 7.11 Å². The van der Waals surface area contributed by atoms with Crippen LogP contribution >= 0.6 is 0 Å². The zero-order valence-corrected chi connectivity index (χ0v) is 15.2. The van der Waals surface area contributed by atoms with Crippen LogP contribution in [0.2, 0.25) is 0 Å². The van der Waals surface area contributed by atoms with E-state index in [-0.39, 0.29) is 6.61 Å². The SMILES string of the molecule is COc1cc(C)ccc1OCC(=O)NNC(=O)C(C)Oc1ccc(F)cc1. The summed E-state index contributed by atoms with van der Waals surface area (Å²) in [6, 6.07) is 10.5. The number of hydrogen-bond acceptors (Lipinski definition) is 5. The molecule has 0 bridgehead atoms. The van der Waals surface area contributed by atoms with Gasteiger partial charge in [-0.3, -0.25) is 20.4 Å². The second kappa shape index (κ2) is 9.42. The fraction of sp³-hybridized carbons (Fsp3) is 0.263. The van der Waals surface area contributed by atoms with Gasteiger partial charge in [-0.05, 0) is 55.8 Å². The minimum absolute atomic E-state index is 0.313. The number of aryl methyl sites for hydroxylation is 1. The van der Waals surface area contributed by atoms with E-state index in [0.29, 0.717) is 17.2 Å². The lowest BCUT2D eigenvalue weighted by atomic mass is 10.2. The summed E-state index contributed by atoms with van der Waals surface area (Å²) in [6.45, 7) is 3.09. The molecular weight excluding hydrogens is 355 g/mol. The van der Waals surface area contributed by atoms with Gasteiger partial charge in [-0.25, -0.2) is 4.39 Å². The highest BCUT2D eigenvalue weighted by Gasteiger charge is 2.16. The first kappa shape index (κ1) is 20.0. The number of nitrogens with one attached hydrogen (secondary N) is 2. The van der Waals surface area contributed by atoms with Gasteiger partial charge >= 0.3 is 0 Å². The molecule has 2 rings (SSSR count). The molecule has 7 nitrogen and oxygen atoms in total. The number of amides is 2. The Bertz CT molecular complexity index is 795. The van der Waals surface area contributed by atoms with E-state index in [4.69, 9.17) is 14.2 Å². The number of halogens is 1. The van der Waals surface area contributed by atoms with Crippen molar-refractivity contribution in [2.75, 3.05) is 13.7 Å². The molecule has 0 fully saturated rings. The fourth-order valence-corrected chi connectivity index (χ4v) is 2.08. The average molecular weight is 376 g/mol. The topological polar surface area (TPSA) is 85.9 Å². The summed E-state index contributed by atoms with van der Waals surface area (Å²) in [5.74, 6) is -0.275. The number of methoxy groups -OCH3 is 1. The monoisotopic (exact) mass is 376 g/mol. The Kier molecular flexibility index (Phi) is 6.99. The predicted molar refractivity (Wildman–Crippen MR) is 96.0 cm³/mol. The van der Waals surface area contributed by atoms with Crippen LogP contribution in [0.15, 0.2) is 42.5 Å². The summed E-state index contributed by atoms with van der Waals surface area (Å²) >= 11 is 0. The molecule has 0 aliphatic rings. The number of benzene rings is 2. The van der Waals surface area contributed by atoms with E-state index in [1.807, 2.05) is 13.0 Å². The molecule has 0 saturated heterocycles. The Morgan fingerprint density at radius 1 is 1.07 bits per heavy atom. The van der Waals surface area contributed by atoms with Crippen LogP contribution in [0.3, 0.4) is 0 Å². The number of carbonyl (C=O) groups is 2. The van der Waals surface area contributed by atoms with Crippen molar-refractivity contribution >= 4 is 11.8 Å². The molecule has 1 atom stereocenters. The third kappa shape index (κ3) is 6.18. The first-order valence-corrected chi connectivity index (χ1v) is 8.17. The molecule has 0 spiro atoms. The molecule has 2 aromatic rings. The standard InChI is InChI=1S/C19H21FN2O5/c1-12-4-9-16(17(10-12)25-3)26-11-18(23)21-22-19(24)13(2)27-15-7-5-14(20)6-8-15/h4-10,13H,11H2,1-3H3,(H,21,23)(H,22,24). The normalized spacial score (nSPS) is 11.3. The third-order valence-electron chi connectivity index (χ3n) is 3.50. The molecule has 0 saturated carbocycles. The Labute approximate surface area is 156 Å². The van der Waals surface area contributed by atoms with Gasteiger partial charge in [-0.15, -0.1) is 0 Å². The van der Waals surface area contributed by atoms with Crippen molar-refractivity contribution in [1.29, 1.82) is 0 Å². The highest BCUT2D eigenvalue weighted by atomic mass is 19.1. The van der Waals surface area contributed by atoms with Gasteiger partial charge in [-0.2, -0.15) is 0 Å². The maximum Gasteiger partial charge on any atom is 0.279 e. The van der Waals surface area contributed by atoms with Crippen LogP contribution in [0.25, 0.3) is 0 Å². The van der Waals surface area contributed by atoms with Crippen LogP contribution in [0.4, 0.5) is 4.39 Å². The van der Waals surface area contributed by atoms with Gasteiger partial charge < -0.3 is 14.2 Å². The molecule has 0 heterocycles. The highest BCUT2D eigenvalue weighted by molar-refractivity contribution is 5.85. The maximum absolute atomic E-state index is 12.9. The quantitative estimate of drug-likeness (QED) is 0.723. The van der Waals surface area contributed by atoms with Crippen molar-refractivity contribution in [3.8, 4) is 17.2 Å². The molecule has 2 amide bonds. The van der Waals surface area contributed by atoms with E-state index in [2.05, 4.69) is 10.9 Å². The number of hydrazine groups is 1. The molecule has 1 unspecified atom stereocenters. The van der Waals surface area contributed by atoms with E-state index in [0.717, 1.165) is 5.56 Å². The molecule has 144 valence electrons. The van der Waals surface area contributed by atoms with Crippen LogP contribution < -0.4 is 25.1 Å². The summed E-state index contributed by atoms with van der Waals surface area (Å²) in [4.78, 5) is 23.8. The molecule has 0 aliphatic carbocycles. The Morgan fingerprint density at radius 2 is 1.78 bits per heavy atom. The average Bonchev–Trinajstić information content (AvgIpc) is 2.66. The number of hydrogen-bond donors (Lipinski definition) is 2. The molecule has 0 radical (unpaired) electrons. The van der Waals surface area contributed by atoms with Crippen LogP contribution in [-0.2, 0) is 9.59 Å². The van der Waals surface area contributed by atoms with Gasteiger partial charge in [0.25, 0.3) is 11.8 Å². The van der Waals surface area contributed by atoms with Crippen molar-refractivity contribution in [1.82, 2.24) is 10.9 Å². The molecule has 8 heteroatoms. The highest BCUT2D eigenvalue weighted by Crippen LogP contribution is 2.27. The second-order valence-corrected chi connectivity index (χ2v) is 5.69. The predicted octanol–water partition coefficient (Wildman–Crippen LogP) is 2.14. The molecule has 27 heavy (non-hydrogen) atoms. The van der Waals surface area contributed by atoms with Crippen molar-refractivity contribution in [3.05, 3.63) is 53.8 Å². The van der Waals surface area contributed by atoms with Gasteiger partial charge in [0.15, 0.2) is 24.2 Å². The van der Waals surface area contributed by atoms with Crippen molar-refractivity contribution in [2.45, 2.75) is 20.0 Å². The summed E-state index contributed by atoms with van der Waals surface area (Å²) in [5.41, 5.74) is 5.46. The van der Waals surface area contributed by atoms with Crippen LogP contribution in [0.5, 0.6) is 17.2 Å². The Balaban J connectivity index is 1.77. The lowest BCUT2D eigenvalue weighted by Crippen LogP contribution is -2.48. The van der Waals surface area contributed by atoms with Crippen LogP contribution in [-0.4, -0.2) is 31.6 Å². The Morgan fingerprint density at radius 3 is 2.44 bits per heavy atom. The first-order valence-electron chi connectivity index (χ1n) is 8.17. The molecule has 0 aliphatic heterocycles. The first-order chi connectivity index (χ1) is 12.9. The lowest BCUT2D eigenvalue weighted by Gasteiger charge is -2.15. The van der Waals surface area contributed by atoms with E-state index < -0.39 is 23.7 Å². The van der Waals surface area contributed by atoms with Gasteiger partial charge in [0, 0.05) is 0 Å². The van der Waals surface area contributed by atoms with Gasteiger partial charge in [0.2, 0.25) is 0 Å². The summed E-state index contributed by atoms with van der Waals surface area (Å²) < 4.78 is 28.8. The van der Waals surface area contributed by atoms with E-state index in [1.165, 1.54) is 38.3 Å². The number of rotatable bonds is 7. The number of ether oxygens (including phenoxy) is 3. The van der Waals surface area contributed by atoms with Crippen molar-refractivity contribution < 1.29 is 28.2 Å². The largest absolute Gasteiger partial charge is 0.493 e. The summed E-state index contributed by atoms with van der Waals surface area (Å²) in [7, 11) is 1.50. The number of carbonyl (C=O) groups excluding carboxylic acids is 2. The zero-order chi connectivity index (χ0) is 19.8.